The lowest BCUT2D eigenvalue weighted by Gasteiger charge is -2.15. The van der Waals surface area contributed by atoms with E-state index in [1.807, 2.05) is 46.3 Å². The molecule has 1 fully saturated rings. The first kappa shape index (κ1) is 14.7. The van der Waals surface area contributed by atoms with Crippen LogP contribution in [0.2, 0.25) is 0 Å². The fourth-order valence-corrected chi connectivity index (χ4v) is 3.21. The predicted octanol–water partition coefficient (Wildman–Crippen LogP) is 1.95. The number of benzene rings is 1. The average molecular weight is 315 g/mol. The molecule has 1 aliphatic rings. The van der Waals surface area contributed by atoms with Crippen molar-refractivity contribution in [3.63, 3.8) is 0 Å². The summed E-state index contributed by atoms with van der Waals surface area (Å²) in [6, 6.07) is 7.36. The van der Waals surface area contributed by atoms with Gasteiger partial charge in [0.1, 0.15) is 0 Å². The van der Waals surface area contributed by atoms with Crippen LogP contribution in [-0.2, 0) is 18.4 Å². The van der Waals surface area contributed by atoms with Gasteiger partial charge in [-0.15, -0.1) is 11.3 Å². The first-order chi connectivity index (χ1) is 10.6. The van der Waals surface area contributed by atoms with Crippen LogP contribution in [0.15, 0.2) is 40.8 Å². The zero-order valence-corrected chi connectivity index (χ0v) is 13.2. The van der Waals surface area contributed by atoms with Gasteiger partial charge in [0, 0.05) is 43.7 Å². The molecule has 22 heavy (non-hydrogen) atoms. The van der Waals surface area contributed by atoms with Crippen molar-refractivity contribution in [2.75, 3.05) is 6.54 Å². The van der Waals surface area contributed by atoms with E-state index in [-0.39, 0.29) is 11.8 Å². The van der Waals surface area contributed by atoms with Crippen LogP contribution in [0.1, 0.15) is 28.8 Å². The van der Waals surface area contributed by atoms with Crippen molar-refractivity contribution in [1.82, 2.24) is 9.47 Å². The van der Waals surface area contributed by atoms with Crippen LogP contribution in [0.25, 0.3) is 0 Å². The normalized spacial score (nSPS) is 15.6. The summed E-state index contributed by atoms with van der Waals surface area (Å²) in [4.78, 5) is 30.6. The molecule has 0 unspecified atom stereocenters. The monoisotopic (exact) mass is 315 g/mol. The molecular weight excluding hydrogens is 298 g/mol. The predicted molar refractivity (Wildman–Crippen MR) is 84.3 cm³/mol. The summed E-state index contributed by atoms with van der Waals surface area (Å²) in [5, 5.41) is 1.89. The lowest BCUT2D eigenvalue weighted by Crippen LogP contribution is -2.23. The van der Waals surface area contributed by atoms with Crippen molar-refractivity contribution in [2.24, 2.45) is 12.0 Å². The molecule has 0 bridgehead atoms. The van der Waals surface area contributed by atoms with Crippen LogP contribution < -0.4 is 4.80 Å². The SMILES string of the molecule is Cn1ccsc1=NC(=O)c1cccc(CN2CCCC2=O)c1. The minimum Gasteiger partial charge on any atom is -0.338 e. The number of nitrogens with zero attached hydrogens (tertiary/aromatic N) is 3. The zero-order chi connectivity index (χ0) is 15.5. The third-order valence-electron chi connectivity index (χ3n) is 3.68. The second-order valence-electron chi connectivity index (χ2n) is 5.33. The Morgan fingerprint density at radius 3 is 2.95 bits per heavy atom. The minimum atomic E-state index is -0.257. The Morgan fingerprint density at radius 1 is 1.41 bits per heavy atom. The molecule has 2 amide bonds. The highest BCUT2D eigenvalue weighted by molar-refractivity contribution is 7.07. The molecule has 114 valence electrons. The smallest absolute Gasteiger partial charge is 0.279 e. The van der Waals surface area contributed by atoms with E-state index in [9.17, 15) is 9.59 Å². The van der Waals surface area contributed by atoms with E-state index in [0.29, 0.717) is 23.3 Å². The Morgan fingerprint density at radius 2 is 2.27 bits per heavy atom. The maximum absolute atomic E-state index is 12.3. The molecule has 3 rings (SSSR count). The number of aromatic nitrogens is 1. The van der Waals surface area contributed by atoms with Gasteiger partial charge in [-0.25, -0.2) is 0 Å². The van der Waals surface area contributed by atoms with Crippen molar-refractivity contribution >= 4 is 23.2 Å². The second-order valence-corrected chi connectivity index (χ2v) is 6.21. The third-order valence-corrected chi connectivity index (χ3v) is 4.52. The molecule has 1 saturated heterocycles. The number of carbonyl (C=O) groups excluding carboxylic acids is 2. The summed E-state index contributed by atoms with van der Waals surface area (Å²) < 4.78 is 1.81. The molecule has 5 nitrogen and oxygen atoms in total. The molecule has 0 saturated carbocycles. The van der Waals surface area contributed by atoms with Gasteiger partial charge in [-0.2, -0.15) is 4.99 Å². The number of thiazole rings is 1. The van der Waals surface area contributed by atoms with Crippen molar-refractivity contribution in [3.8, 4) is 0 Å². The van der Waals surface area contributed by atoms with Gasteiger partial charge < -0.3 is 9.47 Å². The Balaban J connectivity index is 1.80. The molecule has 1 aliphatic heterocycles. The van der Waals surface area contributed by atoms with E-state index in [1.54, 1.807) is 6.07 Å². The number of rotatable bonds is 3. The molecule has 0 atom stereocenters. The Kier molecular flexibility index (Phi) is 4.20. The molecular formula is C16H17N3O2S. The summed E-state index contributed by atoms with van der Waals surface area (Å²) in [6.45, 7) is 1.36. The first-order valence-corrected chi connectivity index (χ1v) is 8.07. The largest absolute Gasteiger partial charge is 0.338 e. The van der Waals surface area contributed by atoms with Gasteiger partial charge in [0.2, 0.25) is 5.91 Å². The van der Waals surface area contributed by atoms with Crippen molar-refractivity contribution in [3.05, 3.63) is 51.8 Å². The quantitative estimate of drug-likeness (QED) is 0.869. The van der Waals surface area contributed by atoms with E-state index >= 15 is 0 Å². The molecule has 1 aromatic carbocycles. The number of hydrogen-bond acceptors (Lipinski definition) is 3. The van der Waals surface area contributed by atoms with Gasteiger partial charge in [0.25, 0.3) is 5.91 Å². The number of amides is 2. The summed E-state index contributed by atoms with van der Waals surface area (Å²) in [5.41, 5.74) is 1.52. The highest BCUT2D eigenvalue weighted by Gasteiger charge is 2.20. The van der Waals surface area contributed by atoms with Gasteiger partial charge in [-0.1, -0.05) is 12.1 Å². The number of carbonyl (C=O) groups is 2. The minimum absolute atomic E-state index is 0.187. The van der Waals surface area contributed by atoms with Gasteiger partial charge in [-0.3, -0.25) is 9.59 Å². The van der Waals surface area contributed by atoms with E-state index in [4.69, 9.17) is 0 Å². The van der Waals surface area contributed by atoms with E-state index in [0.717, 1.165) is 18.5 Å². The Bertz CT molecular complexity index is 775. The van der Waals surface area contributed by atoms with Gasteiger partial charge in [0.15, 0.2) is 4.80 Å². The van der Waals surface area contributed by atoms with Crippen LogP contribution in [0.5, 0.6) is 0 Å². The van der Waals surface area contributed by atoms with Gasteiger partial charge in [-0.05, 0) is 24.1 Å². The van der Waals surface area contributed by atoms with Crippen LogP contribution in [0.4, 0.5) is 0 Å². The standard InChI is InChI=1S/C16H17N3O2S/c1-18-8-9-22-16(18)17-15(21)13-5-2-4-12(10-13)11-19-7-3-6-14(19)20/h2,4-5,8-10H,3,6-7,11H2,1H3. The van der Waals surface area contributed by atoms with Crippen molar-refractivity contribution in [1.29, 1.82) is 0 Å². The topological polar surface area (TPSA) is 54.7 Å². The molecule has 0 radical (unpaired) electrons. The first-order valence-electron chi connectivity index (χ1n) is 7.19. The fraction of sp³-hybridized carbons (Fsp3) is 0.312. The summed E-state index contributed by atoms with van der Waals surface area (Å²) in [6.07, 6.45) is 3.41. The zero-order valence-electron chi connectivity index (χ0n) is 12.4. The van der Waals surface area contributed by atoms with E-state index in [2.05, 4.69) is 4.99 Å². The molecule has 2 heterocycles. The van der Waals surface area contributed by atoms with Gasteiger partial charge >= 0.3 is 0 Å². The van der Waals surface area contributed by atoms with Crippen molar-refractivity contribution in [2.45, 2.75) is 19.4 Å². The highest BCUT2D eigenvalue weighted by atomic mass is 32.1. The maximum atomic E-state index is 12.3. The second kappa shape index (κ2) is 6.27. The molecule has 0 aliphatic carbocycles. The number of likely N-dealkylation sites (tertiary alicyclic amines) is 1. The lowest BCUT2D eigenvalue weighted by molar-refractivity contribution is -0.128. The summed E-state index contributed by atoms with van der Waals surface area (Å²) in [5.74, 6) is -0.0697. The summed E-state index contributed by atoms with van der Waals surface area (Å²) in [7, 11) is 1.86. The Labute approximate surface area is 132 Å². The molecule has 0 spiro atoms. The van der Waals surface area contributed by atoms with Crippen molar-refractivity contribution < 1.29 is 9.59 Å². The van der Waals surface area contributed by atoms with Crippen LogP contribution >= 0.6 is 11.3 Å². The average Bonchev–Trinajstić information content (AvgIpc) is 3.09. The Hall–Kier alpha value is -2.21. The van der Waals surface area contributed by atoms with Gasteiger partial charge in [0.05, 0.1) is 0 Å². The molecule has 2 aromatic rings. The third kappa shape index (κ3) is 3.17. The van der Waals surface area contributed by atoms with E-state index < -0.39 is 0 Å². The fourth-order valence-electron chi connectivity index (χ4n) is 2.48. The van der Waals surface area contributed by atoms with Crippen LogP contribution in [0.3, 0.4) is 0 Å². The van der Waals surface area contributed by atoms with E-state index in [1.165, 1.54) is 11.3 Å². The number of aryl methyl sites for hydroxylation is 1. The maximum Gasteiger partial charge on any atom is 0.279 e. The molecule has 6 heteroatoms. The summed E-state index contributed by atoms with van der Waals surface area (Å²) >= 11 is 1.43. The number of hydrogen-bond donors (Lipinski definition) is 0. The van der Waals surface area contributed by atoms with Crippen LogP contribution in [-0.4, -0.2) is 27.8 Å². The van der Waals surface area contributed by atoms with Crippen LogP contribution in [0, 0.1) is 0 Å². The highest BCUT2D eigenvalue weighted by Crippen LogP contribution is 2.15. The molecule has 0 N–H and O–H groups in total. The lowest BCUT2D eigenvalue weighted by atomic mass is 10.1. The molecule has 1 aromatic heterocycles.